The van der Waals surface area contributed by atoms with Gasteiger partial charge in [-0.2, -0.15) is 0 Å². The minimum Gasteiger partial charge on any atom is -0.278 e. The first-order valence-corrected chi connectivity index (χ1v) is 10.1. The van der Waals surface area contributed by atoms with Gasteiger partial charge in [-0.05, 0) is 68.3 Å². The largest absolute Gasteiger partial charge is 0.278 e. The maximum atomic E-state index is 13.1. The molecule has 0 bridgehead atoms. The summed E-state index contributed by atoms with van der Waals surface area (Å²) in [7, 11) is 0. The van der Waals surface area contributed by atoms with E-state index in [2.05, 4.69) is 15.5 Å². The van der Waals surface area contributed by atoms with Gasteiger partial charge in [-0.3, -0.25) is 14.5 Å². The van der Waals surface area contributed by atoms with Crippen molar-refractivity contribution in [3.05, 3.63) is 34.9 Å². The highest BCUT2D eigenvalue weighted by atomic mass is 35.5. The normalized spacial score (nSPS) is 18.4. The number of hydrogen-bond donors (Lipinski definition) is 0. The second-order valence-corrected chi connectivity index (χ2v) is 9.05. The predicted molar refractivity (Wildman–Crippen MR) is 104 cm³/mol. The number of amides is 2. The van der Waals surface area contributed by atoms with Crippen molar-refractivity contribution in [3.63, 3.8) is 0 Å². The second-order valence-electron chi connectivity index (χ2n) is 7.45. The molecule has 1 aliphatic heterocycles. The third-order valence-electron chi connectivity index (χ3n) is 4.30. The quantitative estimate of drug-likeness (QED) is 0.725. The highest BCUT2D eigenvalue weighted by Gasteiger charge is 2.34. The molecule has 2 amide bonds. The molecule has 1 aromatic heterocycles. The van der Waals surface area contributed by atoms with Crippen LogP contribution in [0.1, 0.15) is 50.4 Å². The van der Waals surface area contributed by atoms with Crippen LogP contribution in [0.2, 0.25) is 5.02 Å². The topological polar surface area (TPSA) is 81.0 Å². The average Bonchev–Trinajstić information content (AvgIpc) is 3.01. The van der Waals surface area contributed by atoms with Crippen LogP contribution in [0.15, 0.2) is 29.4 Å². The zero-order chi connectivity index (χ0) is 19.6. The third kappa shape index (κ3) is 4.50. The van der Waals surface area contributed by atoms with Gasteiger partial charge < -0.3 is 0 Å². The molecule has 7 nitrogen and oxygen atoms in total. The van der Waals surface area contributed by atoms with E-state index >= 15 is 0 Å². The molecule has 1 aromatic carbocycles. The summed E-state index contributed by atoms with van der Waals surface area (Å²) in [5, 5.41) is 12.6. The van der Waals surface area contributed by atoms with Crippen molar-refractivity contribution in [1.82, 2.24) is 25.1 Å². The van der Waals surface area contributed by atoms with E-state index in [-0.39, 0.29) is 17.4 Å². The molecule has 27 heavy (non-hydrogen) atoms. The van der Waals surface area contributed by atoms with Crippen molar-refractivity contribution in [2.75, 3.05) is 6.54 Å². The molecule has 2 aromatic rings. The number of imide groups is 1. The molecule has 2 heterocycles. The number of hydrogen-bond acceptors (Lipinski definition) is 6. The summed E-state index contributed by atoms with van der Waals surface area (Å²) in [5.41, 5.74) is 0.163. The molecule has 9 heteroatoms. The zero-order valence-electron chi connectivity index (χ0n) is 15.6. The van der Waals surface area contributed by atoms with Crippen LogP contribution in [0.3, 0.4) is 0 Å². The van der Waals surface area contributed by atoms with Crippen LogP contribution >= 0.6 is 23.4 Å². The Kier molecular flexibility index (Phi) is 5.86. The lowest BCUT2D eigenvalue weighted by atomic mass is 10.1. The van der Waals surface area contributed by atoms with Crippen LogP contribution < -0.4 is 0 Å². The van der Waals surface area contributed by atoms with Gasteiger partial charge in [0.25, 0.3) is 5.91 Å². The van der Waals surface area contributed by atoms with Crippen LogP contribution in [0.25, 0.3) is 0 Å². The molecule has 0 spiro atoms. The molecule has 0 unspecified atom stereocenters. The minimum absolute atomic E-state index is 0.194. The first-order chi connectivity index (χ1) is 12.8. The Hall–Kier alpha value is -1.93. The van der Waals surface area contributed by atoms with Crippen molar-refractivity contribution >= 4 is 35.2 Å². The number of carbonyl (C=O) groups excluding carboxylic acids is 2. The fourth-order valence-electron chi connectivity index (χ4n) is 2.87. The Bertz CT molecular complexity index is 831. The number of halogens is 1. The number of benzene rings is 1. The monoisotopic (exact) mass is 407 g/mol. The van der Waals surface area contributed by atoms with E-state index in [1.54, 1.807) is 28.9 Å². The lowest BCUT2D eigenvalue weighted by Crippen LogP contribution is -2.41. The molecule has 1 fully saturated rings. The number of aromatic nitrogens is 4. The van der Waals surface area contributed by atoms with Crippen LogP contribution in [0.5, 0.6) is 0 Å². The Morgan fingerprint density at radius 2 is 1.93 bits per heavy atom. The molecule has 0 radical (unpaired) electrons. The van der Waals surface area contributed by atoms with Crippen molar-refractivity contribution < 1.29 is 9.59 Å². The van der Waals surface area contributed by atoms with E-state index in [1.165, 1.54) is 16.7 Å². The summed E-state index contributed by atoms with van der Waals surface area (Å²) in [6, 6.07) is 6.60. The summed E-state index contributed by atoms with van der Waals surface area (Å²) in [6.45, 7) is 6.41. The van der Waals surface area contributed by atoms with Gasteiger partial charge >= 0.3 is 0 Å². The predicted octanol–water partition coefficient (Wildman–Crippen LogP) is 3.40. The van der Waals surface area contributed by atoms with Gasteiger partial charge in [-0.25, -0.2) is 4.68 Å². The SMILES string of the molecule is CC(C)(C)n1nnnc1S[C@@H]1CCCCN(C(=O)c2ccc(Cl)cc2)C1=O. The van der Waals surface area contributed by atoms with E-state index in [4.69, 9.17) is 11.6 Å². The lowest BCUT2D eigenvalue weighted by molar-refractivity contribution is -0.127. The average molecular weight is 408 g/mol. The van der Waals surface area contributed by atoms with E-state index < -0.39 is 5.25 Å². The van der Waals surface area contributed by atoms with E-state index in [0.717, 1.165) is 12.8 Å². The molecule has 1 aliphatic rings. The van der Waals surface area contributed by atoms with Gasteiger partial charge in [-0.1, -0.05) is 29.8 Å². The number of thioether (sulfide) groups is 1. The summed E-state index contributed by atoms with van der Waals surface area (Å²) >= 11 is 7.22. The molecule has 0 N–H and O–H groups in total. The molecule has 0 saturated carbocycles. The van der Waals surface area contributed by atoms with Crippen LogP contribution in [0, 0.1) is 0 Å². The number of likely N-dealkylation sites (tertiary alicyclic amines) is 1. The van der Waals surface area contributed by atoms with Gasteiger partial charge in [0.05, 0.1) is 10.8 Å². The number of nitrogens with zero attached hydrogens (tertiary/aromatic N) is 5. The van der Waals surface area contributed by atoms with Gasteiger partial charge in [0.2, 0.25) is 11.1 Å². The number of rotatable bonds is 3. The van der Waals surface area contributed by atoms with Crippen molar-refractivity contribution in [1.29, 1.82) is 0 Å². The van der Waals surface area contributed by atoms with E-state index in [1.807, 2.05) is 20.8 Å². The highest BCUT2D eigenvalue weighted by Crippen LogP contribution is 2.31. The third-order valence-corrected chi connectivity index (χ3v) is 5.74. The molecular weight excluding hydrogens is 386 g/mol. The molecule has 0 aliphatic carbocycles. The zero-order valence-corrected chi connectivity index (χ0v) is 17.1. The smallest absolute Gasteiger partial charge is 0.260 e. The first kappa shape index (κ1) is 19.8. The van der Waals surface area contributed by atoms with Crippen LogP contribution in [-0.2, 0) is 10.3 Å². The summed E-state index contributed by atoms with van der Waals surface area (Å²) in [4.78, 5) is 27.3. The lowest BCUT2D eigenvalue weighted by Gasteiger charge is -2.24. The first-order valence-electron chi connectivity index (χ1n) is 8.84. The Labute approximate surface area is 167 Å². The van der Waals surface area contributed by atoms with Crippen molar-refractivity contribution in [3.8, 4) is 0 Å². The summed E-state index contributed by atoms with van der Waals surface area (Å²) < 4.78 is 1.71. The fraction of sp³-hybridized carbons (Fsp3) is 0.500. The Morgan fingerprint density at radius 1 is 1.22 bits per heavy atom. The molecule has 144 valence electrons. The van der Waals surface area contributed by atoms with Gasteiger partial charge in [0, 0.05) is 17.1 Å². The summed E-state index contributed by atoms with van der Waals surface area (Å²) in [5.74, 6) is -0.486. The van der Waals surface area contributed by atoms with Crippen molar-refractivity contribution in [2.24, 2.45) is 0 Å². The van der Waals surface area contributed by atoms with E-state index in [0.29, 0.717) is 28.7 Å². The minimum atomic E-state index is -0.393. The van der Waals surface area contributed by atoms with Crippen molar-refractivity contribution in [2.45, 2.75) is 56.0 Å². The van der Waals surface area contributed by atoms with Gasteiger partial charge in [0.1, 0.15) is 0 Å². The molecular formula is C18H22ClN5O2S. The maximum absolute atomic E-state index is 13.1. The van der Waals surface area contributed by atoms with E-state index in [9.17, 15) is 9.59 Å². The molecule has 1 atom stereocenters. The Balaban J connectivity index is 1.81. The number of tetrazole rings is 1. The number of carbonyl (C=O) groups is 2. The Morgan fingerprint density at radius 3 is 2.59 bits per heavy atom. The fourth-order valence-corrected chi connectivity index (χ4v) is 4.25. The summed E-state index contributed by atoms with van der Waals surface area (Å²) in [6.07, 6.45) is 2.34. The van der Waals surface area contributed by atoms with Gasteiger partial charge in [-0.15, -0.1) is 5.10 Å². The maximum Gasteiger partial charge on any atom is 0.260 e. The van der Waals surface area contributed by atoms with Crippen LogP contribution in [-0.4, -0.2) is 48.7 Å². The molecule has 3 rings (SSSR count). The highest BCUT2D eigenvalue weighted by molar-refractivity contribution is 8.00. The molecule has 1 saturated heterocycles. The standard InChI is InChI=1S/C18H22ClN5O2S/c1-18(2,3)24-17(20-21-22-24)27-14-6-4-5-11-23(16(14)26)15(25)12-7-9-13(19)10-8-12/h7-10,14H,4-6,11H2,1-3H3/t14-/m1/s1. The van der Waals surface area contributed by atoms with Gasteiger partial charge in [0.15, 0.2) is 0 Å². The second kappa shape index (κ2) is 7.98. The van der Waals surface area contributed by atoms with Crippen LogP contribution in [0.4, 0.5) is 0 Å².